The summed E-state index contributed by atoms with van der Waals surface area (Å²) in [4.78, 5) is 0. The van der Waals surface area contributed by atoms with E-state index >= 15 is 0 Å². The van der Waals surface area contributed by atoms with Gasteiger partial charge in [-0.1, -0.05) is 0 Å². The Morgan fingerprint density at radius 3 is 1.10 bits per heavy atom. The van der Waals surface area contributed by atoms with E-state index in [0.717, 1.165) is 0 Å². The first-order valence-electron chi connectivity index (χ1n) is 11.1. The van der Waals surface area contributed by atoms with Crippen molar-refractivity contribution in [2.24, 2.45) is 0 Å². The van der Waals surface area contributed by atoms with Crippen LogP contribution >= 0.6 is 0 Å². The van der Waals surface area contributed by atoms with Crippen molar-refractivity contribution in [2.45, 2.75) is 94.4 Å². The van der Waals surface area contributed by atoms with Crippen LogP contribution in [-0.2, 0) is 10.1 Å². The highest BCUT2D eigenvalue weighted by Crippen LogP contribution is 2.61. The molecule has 4 nitrogen and oxygen atoms in total. The van der Waals surface area contributed by atoms with Crippen molar-refractivity contribution < 1.29 is 83.3 Å². The van der Waals surface area contributed by atoms with Gasteiger partial charge in [0.25, 0.3) is 0 Å². The largest absolute Gasteiger partial charge is 0.743 e. The van der Waals surface area contributed by atoms with Crippen LogP contribution in [0.2, 0.25) is 0 Å². The molecule has 0 aromatic heterocycles. The summed E-state index contributed by atoms with van der Waals surface area (Å²) < 4.78 is 225. The summed E-state index contributed by atoms with van der Waals surface area (Å²) in [5.74, 6) is -38.5. The highest BCUT2D eigenvalue weighted by Gasteiger charge is 2.90. The number of quaternary nitrogens is 1. The van der Waals surface area contributed by atoms with E-state index in [-0.39, 0.29) is 0 Å². The topological polar surface area (TPSA) is 57.2 Å². The third-order valence-corrected chi connectivity index (χ3v) is 7.09. The van der Waals surface area contributed by atoms with Gasteiger partial charge in [0, 0.05) is 12.8 Å². The van der Waals surface area contributed by atoms with E-state index in [9.17, 15) is 78.8 Å². The summed E-state index contributed by atoms with van der Waals surface area (Å²) in [5, 5.41) is -7.65. The van der Waals surface area contributed by atoms with Gasteiger partial charge in [-0.25, -0.2) is 8.42 Å². The molecule has 0 saturated heterocycles. The second kappa shape index (κ2) is 12.8. The first-order valence-corrected chi connectivity index (χ1v) is 12.5. The Morgan fingerprint density at radius 1 is 0.538 bits per heavy atom. The lowest BCUT2D eigenvalue weighted by Gasteiger charge is -2.41. The monoisotopic (exact) mass is 635 g/mol. The minimum atomic E-state index is -8.25. The van der Waals surface area contributed by atoms with Crippen LogP contribution in [0, 0.1) is 0 Å². The highest BCUT2D eigenvalue weighted by molar-refractivity contribution is 7.86. The molecule has 238 valence electrons. The van der Waals surface area contributed by atoms with Crippen LogP contribution in [0.3, 0.4) is 0 Å². The van der Waals surface area contributed by atoms with E-state index in [2.05, 4.69) is 27.7 Å². The molecule has 0 aliphatic carbocycles. The van der Waals surface area contributed by atoms with Gasteiger partial charge in [-0.15, -0.1) is 0 Å². The van der Waals surface area contributed by atoms with Crippen molar-refractivity contribution in [2.75, 3.05) is 26.2 Å². The maximum Gasteiger partial charge on any atom is 0.402 e. The van der Waals surface area contributed by atoms with Crippen molar-refractivity contribution in [3.63, 3.8) is 0 Å². The van der Waals surface area contributed by atoms with Crippen LogP contribution in [0.25, 0.3) is 0 Å². The van der Waals surface area contributed by atoms with E-state index in [1.165, 1.54) is 30.7 Å². The normalized spacial score (nSPS) is 15.2. The van der Waals surface area contributed by atoms with Crippen LogP contribution in [0.4, 0.5) is 65.9 Å². The summed E-state index contributed by atoms with van der Waals surface area (Å²) >= 11 is 0. The molecule has 0 aliphatic heterocycles. The van der Waals surface area contributed by atoms with Gasteiger partial charge in [0.2, 0.25) is 0 Å². The van der Waals surface area contributed by atoms with Crippen LogP contribution in [0.5, 0.6) is 0 Å². The number of alkyl halides is 15. The fourth-order valence-electron chi connectivity index (χ4n) is 3.13. The molecule has 0 aromatic carbocycles. The molecule has 0 atom stereocenters. The predicted octanol–water partition coefficient (Wildman–Crippen LogP) is 7.31. The molecule has 0 fully saturated rings. The minimum absolute atomic E-state index is 1.28. The van der Waals surface area contributed by atoms with E-state index in [1.54, 1.807) is 0 Å². The lowest BCUT2D eigenvalue weighted by Crippen LogP contribution is -2.71. The highest BCUT2D eigenvalue weighted by atomic mass is 32.2. The quantitative estimate of drug-likeness (QED) is 0.0871. The Morgan fingerprint density at radius 2 is 0.846 bits per heavy atom. The van der Waals surface area contributed by atoms with Crippen LogP contribution in [0.1, 0.15) is 53.4 Å². The second-order valence-corrected chi connectivity index (χ2v) is 9.82. The third kappa shape index (κ3) is 8.19. The predicted molar refractivity (Wildman–Crippen MR) is 106 cm³/mol. The fraction of sp³-hybridized carbons (Fsp3) is 1.00. The summed E-state index contributed by atoms with van der Waals surface area (Å²) in [6.45, 7) is 14.2. The standard InChI is InChI=1S/C11H9F15O3S.C8H20N/c12-5(13,3-1-2-4-6(14,15)16)7(17,18)8(19,20)9(21,22)10(23,24)11(25,26)30(27,28)29;1-5-9(6-2,7-3)8-4/h1-4H2,(H,27,28,29);5-8H2,1-4H3/q;+1/p-1. The maximum atomic E-state index is 13.3. The maximum absolute atomic E-state index is 13.3. The second-order valence-electron chi connectivity index (χ2n) is 8.40. The van der Waals surface area contributed by atoms with Gasteiger partial charge in [-0.3, -0.25) is 0 Å². The molecular formula is C19H28F15NO3S. The van der Waals surface area contributed by atoms with Crippen molar-refractivity contribution in [1.82, 2.24) is 0 Å². The van der Waals surface area contributed by atoms with Crippen LogP contribution in [0.15, 0.2) is 0 Å². The van der Waals surface area contributed by atoms with Gasteiger partial charge >= 0.3 is 41.0 Å². The first kappa shape index (κ1) is 40.0. The molecule has 0 amide bonds. The zero-order valence-corrected chi connectivity index (χ0v) is 21.7. The molecule has 0 radical (unpaired) electrons. The van der Waals surface area contributed by atoms with Gasteiger partial charge < -0.3 is 9.04 Å². The molecule has 39 heavy (non-hydrogen) atoms. The van der Waals surface area contributed by atoms with Gasteiger partial charge in [0.05, 0.1) is 26.2 Å². The van der Waals surface area contributed by atoms with Crippen molar-refractivity contribution >= 4 is 10.1 Å². The zero-order chi connectivity index (χ0) is 32.2. The van der Waals surface area contributed by atoms with E-state index in [0.29, 0.717) is 0 Å². The molecule has 0 rings (SSSR count). The Hall–Kier alpha value is -1.18. The molecule has 20 heteroatoms. The number of halogens is 15. The van der Waals surface area contributed by atoms with Crippen LogP contribution < -0.4 is 0 Å². The summed E-state index contributed by atoms with van der Waals surface area (Å²) in [5.41, 5.74) is 0. The molecule has 0 aliphatic rings. The van der Waals surface area contributed by atoms with Crippen molar-refractivity contribution in [3.05, 3.63) is 0 Å². The first-order chi connectivity index (χ1) is 16.9. The summed E-state index contributed by atoms with van der Waals surface area (Å²) in [6, 6.07) is 0. The molecule has 0 N–H and O–H groups in total. The molecule has 0 bridgehead atoms. The Labute approximate surface area is 214 Å². The molecular weight excluding hydrogens is 607 g/mol. The van der Waals surface area contributed by atoms with Gasteiger partial charge in [0.1, 0.15) is 0 Å². The van der Waals surface area contributed by atoms with Gasteiger partial charge in [0.15, 0.2) is 10.1 Å². The van der Waals surface area contributed by atoms with Gasteiger partial charge in [-0.05, 0) is 40.5 Å². The summed E-state index contributed by atoms with van der Waals surface area (Å²) in [6.07, 6.45) is -12.7. The number of nitrogens with zero attached hydrogens (tertiary/aromatic N) is 1. The minimum Gasteiger partial charge on any atom is -0.743 e. The van der Waals surface area contributed by atoms with Crippen LogP contribution in [-0.4, -0.2) is 84.7 Å². The van der Waals surface area contributed by atoms with E-state index in [1.807, 2.05) is 0 Å². The Bertz CT molecular complexity index is 852. The van der Waals surface area contributed by atoms with E-state index < -0.39 is 76.8 Å². The number of unbranched alkanes of at least 4 members (excludes halogenated alkanes) is 1. The van der Waals surface area contributed by atoms with Crippen molar-refractivity contribution in [3.8, 4) is 0 Å². The van der Waals surface area contributed by atoms with Crippen molar-refractivity contribution in [1.29, 1.82) is 0 Å². The molecule has 0 saturated carbocycles. The summed E-state index contributed by atoms with van der Waals surface area (Å²) in [7, 11) is -7.90. The average molecular weight is 635 g/mol. The molecule has 0 heterocycles. The lowest BCUT2D eigenvalue weighted by molar-refractivity contribution is -0.921. The molecule has 0 unspecified atom stereocenters. The molecule has 0 aromatic rings. The zero-order valence-electron chi connectivity index (χ0n) is 20.9. The van der Waals surface area contributed by atoms with Gasteiger partial charge in [-0.2, -0.15) is 65.9 Å². The molecule has 0 spiro atoms. The smallest absolute Gasteiger partial charge is 0.402 e. The Balaban J connectivity index is 0. The lowest BCUT2D eigenvalue weighted by atomic mass is 9.92. The Kier molecular flexibility index (Phi) is 13.1. The van der Waals surface area contributed by atoms with E-state index in [4.69, 9.17) is 0 Å². The number of hydrogen-bond acceptors (Lipinski definition) is 3. The third-order valence-electron chi connectivity index (χ3n) is 6.21. The average Bonchev–Trinajstić information content (AvgIpc) is 2.77. The fourth-order valence-corrected chi connectivity index (χ4v) is 3.58. The SMILES string of the molecule is CC[N+](CC)(CC)CC.O=S(=O)([O-])C(F)(F)C(F)(F)C(F)(F)C(F)(F)C(F)(F)C(F)(F)CCCCC(F)(F)F. The number of rotatable bonds is 14. The number of hydrogen-bond donors (Lipinski definition) is 0.